The molecule has 2 aromatic carbocycles. The lowest BCUT2D eigenvalue weighted by Crippen LogP contribution is -2.47. The first-order valence-corrected chi connectivity index (χ1v) is 10.4. The predicted octanol–water partition coefficient (Wildman–Crippen LogP) is 2.94. The second-order valence-electron chi connectivity index (χ2n) is 8.21. The van der Waals surface area contributed by atoms with Crippen molar-refractivity contribution in [1.82, 2.24) is 4.90 Å². The molecule has 0 unspecified atom stereocenters. The van der Waals surface area contributed by atoms with Crippen LogP contribution in [0.1, 0.15) is 24.3 Å². The topological polar surface area (TPSA) is 100 Å². The second-order valence-corrected chi connectivity index (χ2v) is 8.21. The molecule has 0 saturated carbocycles. The summed E-state index contributed by atoms with van der Waals surface area (Å²) >= 11 is 0. The summed E-state index contributed by atoms with van der Waals surface area (Å²) < 4.78 is 25.7. The molecule has 0 bridgehead atoms. The lowest BCUT2D eigenvalue weighted by Gasteiger charge is -2.37. The minimum absolute atomic E-state index is 0.0514. The Bertz CT molecular complexity index is 1010. The fourth-order valence-corrected chi connectivity index (χ4v) is 4.19. The van der Waals surface area contributed by atoms with Gasteiger partial charge in [-0.2, -0.15) is 0 Å². The number of ether oxygens (including phenoxy) is 2. The highest BCUT2D eigenvalue weighted by Crippen LogP contribution is 2.47. The van der Waals surface area contributed by atoms with Crippen LogP contribution in [0.25, 0.3) is 0 Å². The molecule has 4 rings (SSSR count). The first-order valence-electron chi connectivity index (χ1n) is 10.4. The SMILES string of the molecule is CN(C)C(=O)C[C@@H]1C[C@H]2c3cc(NC(=O)Nc4ccccc4F)ccc3O[C@H]2[C@H](CO)O1. The molecule has 3 amide bonds. The Labute approximate surface area is 185 Å². The average molecular weight is 443 g/mol. The number of nitrogens with zero attached hydrogens (tertiary/aromatic N) is 1. The largest absolute Gasteiger partial charge is 0.487 e. The maximum absolute atomic E-state index is 13.8. The zero-order chi connectivity index (χ0) is 22.8. The molecule has 0 radical (unpaired) electrons. The summed E-state index contributed by atoms with van der Waals surface area (Å²) in [6, 6.07) is 10.6. The fraction of sp³-hybridized carbons (Fsp3) is 0.391. The number of hydrogen-bond acceptors (Lipinski definition) is 5. The summed E-state index contributed by atoms with van der Waals surface area (Å²) in [5, 5.41) is 15.0. The highest BCUT2D eigenvalue weighted by atomic mass is 19.1. The Hall–Kier alpha value is -3.17. The zero-order valence-electron chi connectivity index (χ0n) is 17.9. The summed E-state index contributed by atoms with van der Waals surface area (Å²) in [5.74, 6) is -0.0122. The molecule has 2 aromatic rings. The predicted molar refractivity (Wildman–Crippen MR) is 116 cm³/mol. The molecule has 4 atom stereocenters. The van der Waals surface area contributed by atoms with Crippen LogP contribution in [0, 0.1) is 5.82 Å². The molecule has 8 nitrogen and oxygen atoms in total. The van der Waals surface area contributed by atoms with Crippen molar-refractivity contribution in [3.8, 4) is 5.75 Å². The van der Waals surface area contributed by atoms with Gasteiger partial charge in [0, 0.05) is 31.3 Å². The van der Waals surface area contributed by atoms with Gasteiger partial charge in [-0.25, -0.2) is 9.18 Å². The molecule has 2 aliphatic heterocycles. The number of amides is 3. The highest BCUT2D eigenvalue weighted by Gasteiger charge is 2.46. The summed E-state index contributed by atoms with van der Waals surface area (Å²) in [6.07, 6.45) is -0.507. The maximum atomic E-state index is 13.8. The van der Waals surface area contributed by atoms with Crippen LogP contribution < -0.4 is 15.4 Å². The van der Waals surface area contributed by atoms with Gasteiger partial charge in [0.05, 0.1) is 24.8 Å². The van der Waals surface area contributed by atoms with E-state index in [1.54, 1.807) is 38.4 Å². The smallest absolute Gasteiger partial charge is 0.323 e. The number of urea groups is 1. The molecule has 0 spiro atoms. The third-order valence-corrected chi connectivity index (χ3v) is 5.78. The van der Waals surface area contributed by atoms with E-state index in [0.29, 0.717) is 17.9 Å². The van der Waals surface area contributed by atoms with Crippen LogP contribution in [-0.4, -0.2) is 61.0 Å². The molecule has 0 aromatic heterocycles. The van der Waals surface area contributed by atoms with E-state index >= 15 is 0 Å². The number of fused-ring (bicyclic) bond motifs is 3. The first-order chi connectivity index (χ1) is 15.4. The van der Waals surface area contributed by atoms with Crippen LogP contribution in [0.5, 0.6) is 5.75 Å². The van der Waals surface area contributed by atoms with E-state index in [2.05, 4.69) is 10.6 Å². The van der Waals surface area contributed by atoms with E-state index in [4.69, 9.17) is 9.47 Å². The van der Waals surface area contributed by atoms with Crippen LogP contribution in [0.15, 0.2) is 42.5 Å². The molecule has 32 heavy (non-hydrogen) atoms. The van der Waals surface area contributed by atoms with Crippen molar-refractivity contribution in [2.75, 3.05) is 31.3 Å². The van der Waals surface area contributed by atoms with Crippen molar-refractivity contribution in [2.24, 2.45) is 0 Å². The molecule has 0 aliphatic carbocycles. The third-order valence-electron chi connectivity index (χ3n) is 5.78. The lowest BCUT2D eigenvalue weighted by molar-refractivity contribution is -0.147. The van der Waals surface area contributed by atoms with E-state index < -0.39 is 18.0 Å². The second kappa shape index (κ2) is 9.13. The van der Waals surface area contributed by atoms with Crippen molar-refractivity contribution in [1.29, 1.82) is 0 Å². The first kappa shape index (κ1) is 22.0. The lowest BCUT2D eigenvalue weighted by atomic mass is 9.84. The highest BCUT2D eigenvalue weighted by molar-refractivity contribution is 5.99. The van der Waals surface area contributed by atoms with Crippen molar-refractivity contribution in [3.63, 3.8) is 0 Å². The van der Waals surface area contributed by atoms with Gasteiger partial charge >= 0.3 is 6.03 Å². The van der Waals surface area contributed by atoms with Gasteiger partial charge in [-0.1, -0.05) is 12.1 Å². The van der Waals surface area contributed by atoms with Crippen molar-refractivity contribution >= 4 is 23.3 Å². The summed E-state index contributed by atoms with van der Waals surface area (Å²) in [4.78, 5) is 26.0. The van der Waals surface area contributed by atoms with Gasteiger partial charge in [0.2, 0.25) is 5.91 Å². The Morgan fingerprint density at radius 3 is 2.69 bits per heavy atom. The van der Waals surface area contributed by atoms with Crippen LogP contribution >= 0.6 is 0 Å². The van der Waals surface area contributed by atoms with Crippen LogP contribution in [0.2, 0.25) is 0 Å². The van der Waals surface area contributed by atoms with Gasteiger partial charge in [-0.15, -0.1) is 0 Å². The standard InChI is InChI=1S/C23H26FN3O5/c1-27(2)21(29)11-14-10-16-15-9-13(7-8-19(15)32-22(16)20(12-28)31-14)25-23(30)26-18-6-4-3-5-17(18)24/h3-9,14,16,20,22,28H,10-12H2,1-2H3,(H2,25,26,30)/t14-,16-,20-,22+/m0/s1. The number of rotatable bonds is 5. The van der Waals surface area contributed by atoms with Gasteiger partial charge < -0.3 is 30.1 Å². The molecule has 9 heteroatoms. The Balaban J connectivity index is 1.49. The molecule has 2 heterocycles. The number of carbonyl (C=O) groups is 2. The van der Waals surface area contributed by atoms with E-state index in [-0.39, 0.29) is 42.7 Å². The van der Waals surface area contributed by atoms with Gasteiger partial charge in [0.15, 0.2) is 0 Å². The number of aliphatic hydroxyl groups is 1. The van der Waals surface area contributed by atoms with E-state index in [1.165, 1.54) is 17.0 Å². The summed E-state index contributed by atoms with van der Waals surface area (Å²) in [5.41, 5.74) is 1.48. The number of halogens is 1. The number of hydrogen-bond donors (Lipinski definition) is 3. The van der Waals surface area contributed by atoms with Gasteiger partial charge in [-0.05, 0) is 36.8 Å². The van der Waals surface area contributed by atoms with Gasteiger partial charge in [0.1, 0.15) is 23.8 Å². The van der Waals surface area contributed by atoms with Crippen molar-refractivity contribution < 1.29 is 28.6 Å². The van der Waals surface area contributed by atoms with Crippen molar-refractivity contribution in [2.45, 2.75) is 37.1 Å². The van der Waals surface area contributed by atoms with E-state index in [9.17, 15) is 19.1 Å². The Morgan fingerprint density at radius 1 is 1.19 bits per heavy atom. The number of carbonyl (C=O) groups excluding carboxylic acids is 2. The summed E-state index contributed by atoms with van der Waals surface area (Å²) in [7, 11) is 3.38. The monoisotopic (exact) mass is 443 g/mol. The van der Waals surface area contributed by atoms with Gasteiger partial charge in [-0.3, -0.25) is 4.79 Å². The third kappa shape index (κ3) is 4.53. The van der Waals surface area contributed by atoms with E-state index in [0.717, 1.165) is 5.56 Å². The Morgan fingerprint density at radius 2 is 1.97 bits per heavy atom. The maximum Gasteiger partial charge on any atom is 0.323 e. The number of benzene rings is 2. The van der Waals surface area contributed by atoms with Crippen LogP contribution in [-0.2, 0) is 9.53 Å². The molecular formula is C23H26FN3O5. The fourth-order valence-electron chi connectivity index (χ4n) is 4.19. The number of anilines is 2. The molecule has 3 N–H and O–H groups in total. The molecule has 2 aliphatic rings. The molecular weight excluding hydrogens is 417 g/mol. The number of aliphatic hydroxyl groups excluding tert-OH is 1. The van der Waals surface area contributed by atoms with Gasteiger partial charge in [0.25, 0.3) is 0 Å². The molecule has 1 fully saturated rings. The minimum atomic E-state index is -0.569. The zero-order valence-corrected chi connectivity index (χ0v) is 17.9. The quantitative estimate of drug-likeness (QED) is 0.660. The minimum Gasteiger partial charge on any atom is -0.487 e. The van der Waals surface area contributed by atoms with Crippen LogP contribution in [0.3, 0.4) is 0 Å². The normalized spacial score (nSPS) is 23.5. The number of para-hydroxylation sites is 1. The Kier molecular flexibility index (Phi) is 6.29. The number of nitrogens with one attached hydrogen (secondary N) is 2. The molecule has 170 valence electrons. The van der Waals surface area contributed by atoms with Crippen LogP contribution in [0.4, 0.5) is 20.6 Å². The molecule has 1 saturated heterocycles. The summed E-state index contributed by atoms with van der Waals surface area (Å²) in [6.45, 7) is -0.224. The van der Waals surface area contributed by atoms with E-state index in [1.807, 2.05) is 6.07 Å². The van der Waals surface area contributed by atoms with Crippen molar-refractivity contribution in [3.05, 3.63) is 53.8 Å². The average Bonchev–Trinajstić information content (AvgIpc) is 3.12.